The minimum Gasteiger partial charge on any atom is -0.497 e. The second-order valence-electron chi connectivity index (χ2n) is 5.75. The van der Waals surface area contributed by atoms with Crippen LogP contribution in [-0.2, 0) is 5.72 Å². The highest BCUT2D eigenvalue weighted by molar-refractivity contribution is 8.14. The van der Waals surface area contributed by atoms with Crippen LogP contribution >= 0.6 is 11.8 Å². The zero-order valence-electron chi connectivity index (χ0n) is 13.0. The van der Waals surface area contributed by atoms with E-state index in [4.69, 9.17) is 4.74 Å². The number of amidine groups is 1. The quantitative estimate of drug-likeness (QED) is 0.879. The summed E-state index contributed by atoms with van der Waals surface area (Å²) in [5.74, 6) is 1.80. The first kappa shape index (κ1) is 14.6. The topological polar surface area (TPSA) is 35.7 Å². The van der Waals surface area contributed by atoms with Gasteiger partial charge in [-0.2, -0.15) is 0 Å². The maximum Gasteiger partial charge on any atom is 0.316 e. The number of anilines is 1. The van der Waals surface area contributed by atoms with E-state index in [-0.39, 0.29) is 0 Å². The summed E-state index contributed by atoms with van der Waals surface area (Å²) >= 11 is 1.80. The van der Waals surface area contributed by atoms with Gasteiger partial charge < -0.3 is 9.84 Å². The van der Waals surface area contributed by atoms with Crippen LogP contribution < -0.4 is 9.64 Å². The van der Waals surface area contributed by atoms with Gasteiger partial charge in [-0.1, -0.05) is 18.2 Å². The van der Waals surface area contributed by atoms with Gasteiger partial charge in [-0.05, 0) is 48.2 Å². The lowest BCUT2D eigenvalue weighted by atomic mass is 10.0. The summed E-state index contributed by atoms with van der Waals surface area (Å²) in [7, 11) is 1.65. The first-order chi connectivity index (χ1) is 11.2. The Bertz CT molecular complexity index is 745. The predicted molar refractivity (Wildman–Crippen MR) is 93.3 cm³/mol. The minimum atomic E-state index is -0.999. The van der Waals surface area contributed by atoms with Crippen molar-refractivity contribution in [3.8, 4) is 5.75 Å². The number of thioether (sulfide) groups is 1. The molecule has 0 aliphatic carbocycles. The third-order valence-corrected chi connectivity index (χ3v) is 5.54. The van der Waals surface area contributed by atoms with Crippen LogP contribution in [0.3, 0.4) is 0 Å². The lowest BCUT2D eigenvalue weighted by molar-refractivity contribution is -0.650. The van der Waals surface area contributed by atoms with Crippen LogP contribution in [0, 0.1) is 0 Å². The molecule has 1 unspecified atom stereocenters. The number of para-hydroxylation sites is 1. The molecule has 23 heavy (non-hydrogen) atoms. The van der Waals surface area contributed by atoms with Crippen LogP contribution in [0.4, 0.5) is 5.69 Å². The Labute approximate surface area is 140 Å². The second kappa shape index (κ2) is 5.58. The van der Waals surface area contributed by atoms with Crippen LogP contribution in [0.2, 0.25) is 0 Å². The number of hydrogen-bond acceptors (Lipinski definition) is 4. The number of β-amino-alcohol motifs (C(OH)–C–C–N with tert-alkyl or cyclic N) is 1. The van der Waals surface area contributed by atoms with Crippen molar-refractivity contribution in [1.82, 2.24) is 0 Å². The Morgan fingerprint density at radius 2 is 1.87 bits per heavy atom. The molecule has 2 aliphatic heterocycles. The van der Waals surface area contributed by atoms with Gasteiger partial charge in [-0.25, -0.2) is 9.48 Å². The summed E-state index contributed by atoms with van der Waals surface area (Å²) in [6.07, 6.45) is 0. The van der Waals surface area contributed by atoms with Crippen molar-refractivity contribution in [2.24, 2.45) is 0 Å². The van der Waals surface area contributed by atoms with Crippen molar-refractivity contribution in [3.05, 3.63) is 60.2 Å². The van der Waals surface area contributed by atoms with E-state index in [2.05, 4.69) is 21.6 Å². The van der Waals surface area contributed by atoms with E-state index in [1.54, 1.807) is 18.9 Å². The van der Waals surface area contributed by atoms with E-state index in [0.29, 0.717) is 6.54 Å². The molecule has 5 heteroatoms. The average Bonchev–Trinajstić information content (AvgIpc) is 3.19. The Morgan fingerprint density at radius 1 is 1.13 bits per heavy atom. The highest BCUT2D eigenvalue weighted by Gasteiger charge is 2.54. The standard InChI is InChI=1S/C18H19N2O2S/c1-22-16-9-7-14(8-10-16)18(21)13-19(15-5-3-2-4-6-15)17-20(18)11-12-23-17/h2-10,21H,11-13H2,1H3/q+1. The minimum absolute atomic E-state index is 0.533. The van der Waals surface area contributed by atoms with Gasteiger partial charge in [0, 0.05) is 11.3 Å². The largest absolute Gasteiger partial charge is 0.497 e. The lowest BCUT2D eigenvalue weighted by Gasteiger charge is -2.23. The molecular weight excluding hydrogens is 308 g/mol. The molecule has 118 valence electrons. The van der Waals surface area contributed by atoms with E-state index in [1.807, 2.05) is 42.5 Å². The highest BCUT2D eigenvalue weighted by Crippen LogP contribution is 2.38. The third kappa shape index (κ3) is 2.31. The summed E-state index contributed by atoms with van der Waals surface area (Å²) in [5, 5.41) is 12.6. The third-order valence-electron chi connectivity index (χ3n) is 4.45. The summed E-state index contributed by atoms with van der Waals surface area (Å²) in [4.78, 5) is 2.21. The molecule has 1 N–H and O–H groups in total. The van der Waals surface area contributed by atoms with Crippen LogP contribution in [0.1, 0.15) is 5.56 Å². The van der Waals surface area contributed by atoms with Crippen molar-refractivity contribution < 1.29 is 14.4 Å². The van der Waals surface area contributed by atoms with Gasteiger partial charge in [0.2, 0.25) is 0 Å². The van der Waals surface area contributed by atoms with Gasteiger partial charge in [0.05, 0.1) is 13.7 Å². The molecule has 0 saturated carbocycles. The molecule has 0 fully saturated rings. The molecule has 0 saturated heterocycles. The van der Waals surface area contributed by atoms with E-state index in [0.717, 1.165) is 34.5 Å². The van der Waals surface area contributed by atoms with Gasteiger partial charge in [0.15, 0.2) is 6.54 Å². The fraction of sp³-hybridized carbons (Fsp3) is 0.278. The maximum atomic E-state index is 11.4. The van der Waals surface area contributed by atoms with Crippen molar-refractivity contribution in [2.45, 2.75) is 5.72 Å². The molecule has 0 spiro atoms. The number of hydrogen-bond donors (Lipinski definition) is 1. The van der Waals surface area contributed by atoms with Gasteiger partial charge in [0.1, 0.15) is 11.4 Å². The van der Waals surface area contributed by atoms with Crippen molar-refractivity contribution in [1.29, 1.82) is 0 Å². The summed E-state index contributed by atoms with van der Waals surface area (Å²) < 4.78 is 7.34. The number of methoxy groups -OCH3 is 1. The molecule has 0 aromatic heterocycles. The zero-order chi connectivity index (χ0) is 15.9. The Morgan fingerprint density at radius 3 is 2.57 bits per heavy atom. The molecule has 0 amide bonds. The van der Waals surface area contributed by atoms with E-state index in [1.165, 1.54) is 0 Å². The van der Waals surface area contributed by atoms with Crippen molar-refractivity contribution in [3.63, 3.8) is 0 Å². The Hall–Kier alpha value is -1.98. The number of aliphatic hydroxyl groups is 1. The smallest absolute Gasteiger partial charge is 0.316 e. The predicted octanol–water partition coefficient (Wildman–Crippen LogP) is 2.48. The van der Waals surface area contributed by atoms with Gasteiger partial charge in [-0.15, -0.1) is 0 Å². The van der Waals surface area contributed by atoms with E-state index < -0.39 is 5.72 Å². The van der Waals surface area contributed by atoms with Gasteiger partial charge in [0.25, 0.3) is 5.72 Å². The summed E-state index contributed by atoms with van der Waals surface area (Å²) in [6.45, 7) is 1.39. The molecule has 2 aromatic carbocycles. The van der Waals surface area contributed by atoms with Crippen LogP contribution in [0.25, 0.3) is 0 Å². The normalized spacial score (nSPS) is 23.3. The molecule has 2 aromatic rings. The molecule has 0 radical (unpaired) electrons. The fourth-order valence-electron chi connectivity index (χ4n) is 3.26. The van der Waals surface area contributed by atoms with E-state index in [9.17, 15) is 5.11 Å². The molecule has 2 heterocycles. The number of rotatable bonds is 3. The lowest BCUT2D eigenvalue weighted by Crippen LogP contribution is -2.41. The second-order valence-corrected chi connectivity index (χ2v) is 6.81. The molecular formula is C18H19N2O2S+. The maximum absolute atomic E-state index is 11.4. The summed E-state index contributed by atoms with van der Waals surface area (Å²) in [5.41, 5.74) is 1.02. The van der Waals surface area contributed by atoms with Crippen LogP contribution in [0.15, 0.2) is 54.6 Å². The Kier molecular flexibility index (Phi) is 3.54. The number of benzene rings is 2. The monoisotopic (exact) mass is 327 g/mol. The summed E-state index contributed by atoms with van der Waals surface area (Å²) in [6, 6.07) is 18.0. The number of nitrogens with zero attached hydrogens (tertiary/aromatic N) is 2. The molecule has 0 bridgehead atoms. The first-order valence-corrected chi connectivity index (χ1v) is 8.68. The SMILES string of the molecule is COc1ccc(C2(O)CN(c3ccccc3)C3=[N+]2CCS3)cc1. The van der Waals surface area contributed by atoms with Gasteiger partial charge >= 0.3 is 5.17 Å². The molecule has 2 aliphatic rings. The van der Waals surface area contributed by atoms with Crippen LogP contribution in [0.5, 0.6) is 5.75 Å². The number of ether oxygens (including phenoxy) is 1. The molecule has 1 atom stereocenters. The van der Waals surface area contributed by atoms with Crippen LogP contribution in [-0.4, -0.2) is 40.8 Å². The Balaban J connectivity index is 1.75. The zero-order valence-corrected chi connectivity index (χ0v) is 13.8. The molecule has 4 nitrogen and oxygen atoms in total. The first-order valence-electron chi connectivity index (χ1n) is 7.69. The van der Waals surface area contributed by atoms with Crippen molar-refractivity contribution >= 4 is 22.6 Å². The van der Waals surface area contributed by atoms with Gasteiger partial charge in [-0.3, -0.25) is 0 Å². The van der Waals surface area contributed by atoms with E-state index >= 15 is 0 Å². The van der Waals surface area contributed by atoms with Crippen molar-refractivity contribution in [2.75, 3.05) is 30.9 Å². The molecule has 4 rings (SSSR count). The average molecular weight is 327 g/mol. The fourth-order valence-corrected chi connectivity index (χ4v) is 4.44. The highest BCUT2D eigenvalue weighted by atomic mass is 32.2.